The SMILES string of the molecule is C(=N\c1ccccc1)/c1ccc2c3ccccc3c3ccccc3c2c1. The molecule has 0 aromatic heterocycles. The molecule has 0 radical (unpaired) electrons. The maximum absolute atomic E-state index is 4.60. The highest BCUT2D eigenvalue weighted by Gasteiger charge is 2.07. The Hall–Kier alpha value is -3.45. The molecule has 0 saturated heterocycles. The molecule has 5 aromatic rings. The van der Waals surface area contributed by atoms with Crippen LogP contribution in [0.25, 0.3) is 32.3 Å². The van der Waals surface area contributed by atoms with Crippen molar-refractivity contribution < 1.29 is 0 Å². The number of nitrogens with zero attached hydrogens (tertiary/aromatic N) is 1. The van der Waals surface area contributed by atoms with E-state index in [0.29, 0.717) is 0 Å². The van der Waals surface area contributed by atoms with E-state index in [0.717, 1.165) is 11.3 Å². The van der Waals surface area contributed by atoms with Crippen LogP contribution in [0.3, 0.4) is 0 Å². The summed E-state index contributed by atoms with van der Waals surface area (Å²) in [4.78, 5) is 4.60. The van der Waals surface area contributed by atoms with Gasteiger partial charge in [0.2, 0.25) is 0 Å². The number of benzene rings is 5. The van der Waals surface area contributed by atoms with Crippen LogP contribution >= 0.6 is 0 Å². The van der Waals surface area contributed by atoms with Crippen LogP contribution in [0.5, 0.6) is 0 Å². The first-order valence-corrected chi connectivity index (χ1v) is 8.82. The van der Waals surface area contributed by atoms with Gasteiger partial charge in [0.05, 0.1) is 5.69 Å². The Bertz CT molecular complexity index is 1230. The van der Waals surface area contributed by atoms with Crippen LogP contribution in [-0.2, 0) is 0 Å². The molecule has 1 nitrogen and oxygen atoms in total. The molecule has 1 heteroatoms. The fraction of sp³-hybridized carbons (Fsp3) is 0. The lowest BCUT2D eigenvalue weighted by Gasteiger charge is -2.10. The maximum atomic E-state index is 4.60. The van der Waals surface area contributed by atoms with Gasteiger partial charge >= 0.3 is 0 Å². The molecule has 0 fully saturated rings. The molecule has 0 atom stereocenters. The van der Waals surface area contributed by atoms with E-state index in [-0.39, 0.29) is 0 Å². The number of para-hydroxylation sites is 1. The molecule has 0 bridgehead atoms. The smallest absolute Gasteiger partial charge is 0.0629 e. The van der Waals surface area contributed by atoms with Crippen molar-refractivity contribution in [3.63, 3.8) is 0 Å². The highest BCUT2D eigenvalue weighted by atomic mass is 14.7. The summed E-state index contributed by atoms with van der Waals surface area (Å²) in [7, 11) is 0. The lowest BCUT2D eigenvalue weighted by molar-refractivity contribution is 1.53. The van der Waals surface area contributed by atoms with E-state index in [1.54, 1.807) is 0 Å². The van der Waals surface area contributed by atoms with Crippen LogP contribution in [0.1, 0.15) is 5.56 Å². The second-order valence-corrected chi connectivity index (χ2v) is 6.49. The quantitative estimate of drug-likeness (QED) is 0.246. The molecule has 26 heavy (non-hydrogen) atoms. The van der Waals surface area contributed by atoms with Crippen molar-refractivity contribution in [3.8, 4) is 0 Å². The third-order valence-corrected chi connectivity index (χ3v) is 4.89. The van der Waals surface area contributed by atoms with Gasteiger partial charge < -0.3 is 0 Å². The average molecular weight is 331 g/mol. The molecule has 0 heterocycles. The summed E-state index contributed by atoms with van der Waals surface area (Å²) in [6, 6.07) is 34.0. The van der Waals surface area contributed by atoms with Gasteiger partial charge in [-0.2, -0.15) is 0 Å². The summed E-state index contributed by atoms with van der Waals surface area (Å²) in [5.74, 6) is 0. The van der Waals surface area contributed by atoms with Crippen LogP contribution < -0.4 is 0 Å². The van der Waals surface area contributed by atoms with E-state index in [1.165, 1.54) is 32.3 Å². The van der Waals surface area contributed by atoms with Crippen LogP contribution in [0, 0.1) is 0 Å². The van der Waals surface area contributed by atoms with Gasteiger partial charge in [-0.3, -0.25) is 4.99 Å². The second-order valence-electron chi connectivity index (χ2n) is 6.49. The zero-order valence-electron chi connectivity index (χ0n) is 14.3. The Morgan fingerprint density at radius 3 is 1.58 bits per heavy atom. The zero-order valence-corrected chi connectivity index (χ0v) is 14.3. The van der Waals surface area contributed by atoms with Crippen molar-refractivity contribution in [2.45, 2.75) is 0 Å². The van der Waals surface area contributed by atoms with Crippen molar-refractivity contribution in [2.24, 2.45) is 4.99 Å². The number of hydrogen-bond donors (Lipinski definition) is 0. The fourth-order valence-corrected chi connectivity index (χ4v) is 3.67. The van der Waals surface area contributed by atoms with Gasteiger partial charge in [0.15, 0.2) is 0 Å². The normalized spacial score (nSPS) is 11.7. The molecular formula is C25H17N. The third-order valence-electron chi connectivity index (χ3n) is 4.89. The van der Waals surface area contributed by atoms with E-state index in [4.69, 9.17) is 0 Å². The monoisotopic (exact) mass is 331 g/mol. The maximum Gasteiger partial charge on any atom is 0.0629 e. The van der Waals surface area contributed by atoms with Gasteiger partial charge in [-0.25, -0.2) is 0 Å². The first-order chi connectivity index (χ1) is 12.9. The Morgan fingerprint density at radius 2 is 0.962 bits per heavy atom. The lowest BCUT2D eigenvalue weighted by Crippen LogP contribution is -1.86. The summed E-state index contributed by atoms with van der Waals surface area (Å²) in [5, 5.41) is 7.76. The highest BCUT2D eigenvalue weighted by Crippen LogP contribution is 2.35. The van der Waals surface area contributed by atoms with Gasteiger partial charge in [0.25, 0.3) is 0 Å². The Kier molecular flexibility index (Phi) is 3.50. The molecule has 0 spiro atoms. The standard InChI is InChI=1S/C25H17N/c1-2-8-19(9-3-1)26-17-18-14-15-24-22-12-5-4-10-20(22)21-11-6-7-13-23(21)25(24)16-18/h1-17H/b26-17+. The number of hydrogen-bond acceptors (Lipinski definition) is 1. The van der Waals surface area contributed by atoms with E-state index >= 15 is 0 Å². The average Bonchev–Trinajstić information content (AvgIpc) is 2.73. The fourth-order valence-electron chi connectivity index (χ4n) is 3.67. The molecule has 0 N–H and O–H groups in total. The van der Waals surface area contributed by atoms with E-state index in [9.17, 15) is 0 Å². The largest absolute Gasteiger partial charge is 0.256 e. The van der Waals surface area contributed by atoms with Crippen molar-refractivity contribution >= 4 is 44.2 Å². The molecule has 0 saturated carbocycles. The summed E-state index contributed by atoms with van der Waals surface area (Å²) < 4.78 is 0. The molecule has 0 aliphatic carbocycles. The summed E-state index contributed by atoms with van der Waals surface area (Å²) in [5.41, 5.74) is 2.08. The van der Waals surface area contributed by atoms with Crippen LogP contribution in [0.4, 0.5) is 5.69 Å². The molecule has 0 amide bonds. The van der Waals surface area contributed by atoms with E-state index in [2.05, 4.69) is 71.7 Å². The van der Waals surface area contributed by atoms with Crippen molar-refractivity contribution in [3.05, 3.63) is 103 Å². The van der Waals surface area contributed by atoms with Gasteiger partial charge in [0.1, 0.15) is 0 Å². The van der Waals surface area contributed by atoms with Crippen LogP contribution in [0.15, 0.2) is 102 Å². The molecule has 122 valence electrons. The van der Waals surface area contributed by atoms with E-state index < -0.39 is 0 Å². The first-order valence-electron chi connectivity index (χ1n) is 8.82. The predicted molar refractivity (Wildman–Crippen MR) is 113 cm³/mol. The van der Waals surface area contributed by atoms with Crippen LogP contribution in [-0.4, -0.2) is 6.21 Å². The van der Waals surface area contributed by atoms with Crippen molar-refractivity contribution in [1.82, 2.24) is 0 Å². The van der Waals surface area contributed by atoms with Gasteiger partial charge in [0, 0.05) is 6.21 Å². The van der Waals surface area contributed by atoms with Gasteiger partial charge in [-0.05, 0) is 56.1 Å². The lowest BCUT2D eigenvalue weighted by atomic mass is 9.93. The molecule has 0 unspecified atom stereocenters. The molecule has 0 aliphatic rings. The minimum Gasteiger partial charge on any atom is -0.256 e. The van der Waals surface area contributed by atoms with Crippen molar-refractivity contribution in [2.75, 3.05) is 0 Å². The predicted octanol–water partition coefficient (Wildman–Crippen LogP) is 6.90. The summed E-state index contributed by atoms with van der Waals surface area (Å²) in [6.45, 7) is 0. The molecular weight excluding hydrogens is 314 g/mol. The minimum atomic E-state index is 0.968. The zero-order chi connectivity index (χ0) is 17.3. The number of rotatable bonds is 2. The molecule has 5 rings (SSSR count). The molecule has 5 aromatic carbocycles. The second kappa shape index (κ2) is 6.12. The van der Waals surface area contributed by atoms with Crippen molar-refractivity contribution in [1.29, 1.82) is 0 Å². The Balaban J connectivity index is 1.77. The highest BCUT2D eigenvalue weighted by molar-refractivity contribution is 6.25. The number of aliphatic imine (C=N–C) groups is 1. The van der Waals surface area contributed by atoms with Crippen LogP contribution in [0.2, 0.25) is 0 Å². The van der Waals surface area contributed by atoms with Gasteiger partial charge in [-0.1, -0.05) is 78.9 Å². The minimum absolute atomic E-state index is 0.968. The molecule has 0 aliphatic heterocycles. The Morgan fingerprint density at radius 1 is 0.462 bits per heavy atom. The third kappa shape index (κ3) is 2.46. The Labute approximate surface area is 152 Å². The topological polar surface area (TPSA) is 12.4 Å². The number of fused-ring (bicyclic) bond motifs is 6. The summed E-state index contributed by atoms with van der Waals surface area (Å²) >= 11 is 0. The van der Waals surface area contributed by atoms with E-state index in [1.807, 2.05) is 36.5 Å². The van der Waals surface area contributed by atoms with Gasteiger partial charge in [-0.15, -0.1) is 0 Å². The summed E-state index contributed by atoms with van der Waals surface area (Å²) in [6.07, 6.45) is 1.94. The first kappa shape index (κ1) is 14.9.